The largest absolute Gasteiger partial charge is 0.475 e. The van der Waals surface area contributed by atoms with Gasteiger partial charge in [-0.05, 0) is 18.3 Å². The monoisotopic (exact) mass is 280 g/mol. The molecule has 1 aromatic heterocycles. The van der Waals surface area contributed by atoms with Crippen LogP contribution >= 0.6 is 0 Å². The lowest BCUT2D eigenvalue weighted by Gasteiger charge is -2.40. The summed E-state index contributed by atoms with van der Waals surface area (Å²) in [6, 6.07) is 1.19. The van der Waals surface area contributed by atoms with Crippen LogP contribution in [0, 0.1) is 5.41 Å². The van der Waals surface area contributed by atoms with Gasteiger partial charge in [0.05, 0.1) is 0 Å². The van der Waals surface area contributed by atoms with Crippen LogP contribution in [0.15, 0.2) is 10.6 Å². The number of rotatable bonds is 4. The predicted octanol–water partition coefficient (Wildman–Crippen LogP) is 2.42. The van der Waals surface area contributed by atoms with Crippen molar-refractivity contribution in [2.75, 3.05) is 13.1 Å². The summed E-state index contributed by atoms with van der Waals surface area (Å²) in [4.78, 5) is 24.7. The van der Waals surface area contributed by atoms with E-state index in [9.17, 15) is 9.59 Å². The van der Waals surface area contributed by atoms with Crippen LogP contribution in [0.1, 0.15) is 60.6 Å². The lowest BCUT2D eigenvalue weighted by molar-refractivity contribution is 0.0545. The van der Waals surface area contributed by atoms with Gasteiger partial charge in [0.25, 0.3) is 5.91 Å². The van der Waals surface area contributed by atoms with E-state index in [2.05, 4.69) is 23.5 Å². The third kappa shape index (κ3) is 2.69. The van der Waals surface area contributed by atoms with E-state index in [-0.39, 0.29) is 17.4 Å². The number of carboxylic acids is 1. The van der Waals surface area contributed by atoms with E-state index in [1.807, 2.05) is 0 Å². The highest BCUT2D eigenvalue weighted by atomic mass is 16.5. The molecule has 0 radical (unpaired) electrons. The van der Waals surface area contributed by atoms with Crippen molar-refractivity contribution < 1.29 is 19.2 Å². The van der Waals surface area contributed by atoms with Gasteiger partial charge in [0.2, 0.25) is 5.76 Å². The van der Waals surface area contributed by atoms with Crippen LogP contribution in [0.2, 0.25) is 0 Å². The summed E-state index contributed by atoms with van der Waals surface area (Å²) in [5, 5.41) is 12.3. The zero-order valence-electron chi connectivity index (χ0n) is 11.9. The van der Waals surface area contributed by atoms with Crippen molar-refractivity contribution in [2.24, 2.45) is 5.41 Å². The molecule has 1 amide bonds. The highest BCUT2D eigenvalue weighted by Gasteiger charge is 2.34. The Bertz CT molecular complexity index is 495. The molecule has 20 heavy (non-hydrogen) atoms. The van der Waals surface area contributed by atoms with Crippen LogP contribution in [0.4, 0.5) is 0 Å². The minimum absolute atomic E-state index is 0.0721. The lowest BCUT2D eigenvalue weighted by Crippen LogP contribution is -2.42. The second kappa shape index (κ2) is 5.64. The zero-order chi connectivity index (χ0) is 14.8. The van der Waals surface area contributed by atoms with Crippen molar-refractivity contribution in [3.63, 3.8) is 0 Å². The second-order valence-electron chi connectivity index (χ2n) is 5.38. The molecule has 1 aliphatic heterocycles. The number of nitrogens with zero attached hydrogens (tertiary/aromatic N) is 2. The molecule has 1 saturated heterocycles. The van der Waals surface area contributed by atoms with Crippen LogP contribution in [0.25, 0.3) is 0 Å². The molecule has 0 bridgehead atoms. The summed E-state index contributed by atoms with van der Waals surface area (Å²) in [7, 11) is 0. The number of aromatic nitrogens is 1. The van der Waals surface area contributed by atoms with Crippen LogP contribution < -0.4 is 0 Å². The summed E-state index contributed by atoms with van der Waals surface area (Å²) in [6.45, 7) is 5.76. The van der Waals surface area contributed by atoms with Crippen LogP contribution in [-0.4, -0.2) is 40.1 Å². The summed E-state index contributed by atoms with van der Waals surface area (Å²) >= 11 is 0. The molecule has 0 saturated carbocycles. The molecule has 110 valence electrons. The minimum atomic E-state index is -1.22. The molecule has 2 heterocycles. The van der Waals surface area contributed by atoms with Gasteiger partial charge in [-0.15, -0.1) is 0 Å². The molecule has 1 aromatic rings. The molecule has 6 nitrogen and oxygen atoms in total. The Morgan fingerprint density at radius 2 is 1.95 bits per heavy atom. The van der Waals surface area contributed by atoms with Gasteiger partial charge >= 0.3 is 5.97 Å². The van der Waals surface area contributed by atoms with Crippen molar-refractivity contribution in [1.82, 2.24) is 10.1 Å². The van der Waals surface area contributed by atoms with Crippen molar-refractivity contribution >= 4 is 11.9 Å². The molecule has 0 aromatic carbocycles. The number of carbonyl (C=O) groups excluding carboxylic acids is 1. The maximum Gasteiger partial charge on any atom is 0.374 e. The Morgan fingerprint density at radius 1 is 1.35 bits per heavy atom. The number of carbonyl (C=O) groups is 2. The topological polar surface area (TPSA) is 83.6 Å². The molecule has 6 heteroatoms. The van der Waals surface area contributed by atoms with E-state index in [0.717, 1.165) is 25.7 Å². The Kier molecular flexibility index (Phi) is 4.11. The first-order chi connectivity index (χ1) is 9.51. The molecule has 1 N–H and O–H groups in total. The summed E-state index contributed by atoms with van der Waals surface area (Å²) in [6.07, 6.45) is 4.21. The normalized spacial score (nSPS) is 18.0. The maximum absolute atomic E-state index is 12.2. The predicted molar refractivity (Wildman–Crippen MR) is 71.6 cm³/mol. The van der Waals surface area contributed by atoms with Gasteiger partial charge in [-0.25, -0.2) is 4.79 Å². The average Bonchev–Trinajstić information content (AvgIpc) is 2.96. The smallest absolute Gasteiger partial charge is 0.374 e. The van der Waals surface area contributed by atoms with E-state index in [1.54, 1.807) is 4.90 Å². The average molecular weight is 280 g/mol. The van der Waals surface area contributed by atoms with Crippen LogP contribution in [0.3, 0.4) is 0 Å². The van der Waals surface area contributed by atoms with Crippen LogP contribution in [0.5, 0.6) is 0 Å². The van der Waals surface area contributed by atoms with Crippen molar-refractivity contribution in [3.05, 3.63) is 17.5 Å². The molecule has 1 fully saturated rings. The molecule has 2 rings (SSSR count). The molecular weight excluding hydrogens is 260 g/mol. The first-order valence-corrected chi connectivity index (χ1v) is 7.00. The maximum atomic E-state index is 12.2. The Labute approximate surface area is 117 Å². The van der Waals surface area contributed by atoms with Gasteiger partial charge in [0.1, 0.15) is 0 Å². The number of aromatic carboxylic acids is 1. The Balaban J connectivity index is 2.02. The van der Waals surface area contributed by atoms with Gasteiger partial charge in [-0.3, -0.25) is 4.79 Å². The highest BCUT2D eigenvalue weighted by Crippen LogP contribution is 2.38. The third-order valence-electron chi connectivity index (χ3n) is 4.55. The fourth-order valence-corrected chi connectivity index (χ4v) is 2.78. The summed E-state index contributed by atoms with van der Waals surface area (Å²) in [5.41, 5.74) is 0.412. The molecule has 0 spiro atoms. The number of carboxylic acid groups (broad SMARTS) is 1. The number of likely N-dealkylation sites (tertiary alicyclic amines) is 1. The number of hydrogen-bond donors (Lipinski definition) is 1. The number of hydrogen-bond acceptors (Lipinski definition) is 4. The van der Waals surface area contributed by atoms with Crippen LogP contribution in [-0.2, 0) is 0 Å². The van der Waals surface area contributed by atoms with Crippen molar-refractivity contribution in [3.8, 4) is 0 Å². The standard InChI is InChI=1S/C14H20N2O4/c1-3-14(4-2)5-7-16(8-6-14)12(17)10-9-11(13(18)19)20-15-10/h9H,3-8H2,1-2H3,(H,18,19). The number of piperidine rings is 1. The fraction of sp³-hybridized carbons (Fsp3) is 0.643. The van der Waals surface area contributed by atoms with Gasteiger partial charge in [-0.1, -0.05) is 31.8 Å². The number of amides is 1. The van der Waals surface area contributed by atoms with E-state index >= 15 is 0 Å². The van der Waals surface area contributed by atoms with Gasteiger partial charge in [0.15, 0.2) is 5.69 Å². The van der Waals surface area contributed by atoms with E-state index < -0.39 is 5.97 Å². The minimum Gasteiger partial charge on any atom is -0.475 e. The second-order valence-corrected chi connectivity index (χ2v) is 5.38. The summed E-state index contributed by atoms with van der Waals surface area (Å²) in [5.74, 6) is -1.77. The molecular formula is C14H20N2O4. The van der Waals surface area contributed by atoms with Crippen molar-refractivity contribution in [2.45, 2.75) is 39.5 Å². The van der Waals surface area contributed by atoms with Gasteiger partial charge in [0, 0.05) is 19.2 Å². The zero-order valence-corrected chi connectivity index (χ0v) is 11.9. The molecule has 0 unspecified atom stereocenters. The van der Waals surface area contributed by atoms with E-state index in [1.165, 1.54) is 6.07 Å². The SMILES string of the molecule is CCC1(CC)CCN(C(=O)c2cc(C(=O)O)on2)CC1. The van der Waals surface area contributed by atoms with Gasteiger partial charge < -0.3 is 14.5 Å². The van der Waals surface area contributed by atoms with Gasteiger partial charge in [-0.2, -0.15) is 0 Å². The molecule has 1 aliphatic rings. The highest BCUT2D eigenvalue weighted by molar-refractivity contribution is 5.94. The Morgan fingerprint density at radius 3 is 2.40 bits per heavy atom. The first kappa shape index (κ1) is 14.6. The van der Waals surface area contributed by atoms with E-state index in [4.69, 9.17) is 5.11 Å². The molecule has 0 atom stereocenters. The summed E-state index contributed by atoms with van der Waals surface area (Å²) < 4.78 is 4.62. The third-order valence-corrected chi connectivity index (χ3v) is 4.55. The molecule has 0 aliphatic carbocycles. The fourth-order valence-electron chi connectivity index (χ4n) is 2.78. The van der Waals surface area contributed by atoms with E-state index in [0.29, 0.717) is 18.5 Å². The Hall–Kier alpha value is -1.85. The first-order valence-electron chi connectivity index (χ1n) is 7.00. The van der Waals surface area contributed by atoms with Crippen molar-refractivity contribution in [1.29, 1.82) is 0 Å². The quantitative estimate of drug-likeness (QED) is 0.915. The lowest BCUT2D eigenvalue weighted by atomic mass is 9.74.